The Balaban J connectivity index is 2.38. The number of aromatic nitrogens is 1. The highest BCUT2D eigenvalue weighted by molar-refractivity contribution is 6.00. The van der Waals surface area contributed by atoms with Crippen LogP contribution >= 0.6 is 0 Å². The first-order chi connectivity index (χ1) is 9.03. The van der Waals surface area contributed by atoms with Gasteiger partial charge in [-0.05, 0) is 31.4 Å². The van der Waals surface area contributed by atoms with E-state index in [1.54, 1.807) is 19.1 Å². The summed E-state index contributed by atoms with van der Waals surface area (Å²) in [7, 11) is 0. The number of hydrogen-bond donors (Lipinski definition) is 2. The molecule has 6 heteroatoms. The molecule has 1 aliphatic heterocycles. The summed E-state index contributed by atoms with van der Waals surface area (Å²) in [5.74, 6) is -1.37. The molecular weight excluding hydrogens is 246 g/mol. The summed E-state index contributed by atoms with van der Waals surface area (Å²) >= 11 is 0. The van der Waals surface area contributed by atoms with Crippen LogP contribution in [0.2, 0.25) is 0 Å². The molecule has 1 fully saturated rings. The Morgan fingerprint density at radius 2 is 2.32 bits per heavy atom. The molecule has 1 amide bonds. The van der Waals surface area contributed by atoms with E-state index < -0.39 is 17.4 Å². The molecule has 0 spiro atoms. The summed E-state index contributed by atoms with van der Waals surface area (Å²) in [6, 6.07) is 3.23. The van der Waals surface area contributed by atoms with Crippen LogP contribution in [0.5, 0.6) is 0 Å². The van der Waals surface area contributed by atoms with Crippen LogP contribution in [-0.2, 0) is 4.79 Å². The number of amides is 1. The van der Waals surface area contributed by atoms with E-state index in [1.165, 1.54) is 11.1 Å². The fourth-order valence-electron chi connectivity index (χ4n) is 2.64. The van der Waals surface area contributed by atoms with Crippen molar-refractivity contribution in [1.29, 1.82) is 0 Å². The second kappa shape index (κ2) is 4.87. The van der Waals surface area contributed by atoms with E-state index in [0.29, 0.717) is 25.8 Å². The first-order valence-corrected chi connectivity index (χ1v) is 6.29. The molecule has 0 aliphatic carbocycles. The summed E-state index contributed by atoms with van der Waals surface area (Å²) in [6.07, 6.45) is 3.00. The molecular formula is C13H17N3O3. The van der Waals surface area contributed by atoms with Crippen LogP contribution in [0, 0.1) is 0 Å². The number of pyridine rings is 1. The van der Waals surface area contributed by atoms with Gasteiger partial charge in [-0.15, -0.1) is 0 Å². The maximum absolute atomic E-state index is 12.5. The van der Waals surface area contributed by atoms with Gasteiger partial charge < -0.3 is 15.7 Å². The number of carboxylic acids is 1. The van der Waals surface area contributed by atoms with Crippen molar-refractivity contribution in [3.05, 3.63) is 24.0 Å². The SMILES string of the molecule is CCC1(C(=O)O)CCCN1C(=O)c1ncccc1N. The van der Waals surface area contributed by atoms with Crippen molar-refractivity contribution >= 4 is 17.6 Å². The topological polar surface area (TPSA) is 96.5 Å². The number of rotatable bonds is 3. The molecule has 19 heavy (non-hydrogen) atoms. The Morgan fingerprint density at radius 1 is 1.58 bits per heavy atom. The van der Waals surface area contributed by atoms with Gasteiger partial charge in [-0.2, -0.15) is 0 Å². The van der Waals surface area contributed by atoms with E-state index in [1.807, 2.05) is 0 Å². The van der Waals surface area contributed by atoms with Gasteiger partial charge in [0.2, 0.25) is 0 Å². The maximum Gasteiger partial charge on any atom is 0.329 e. The molecule has 3 N–H and O–H groups in total. The summed E-state index contributed by atoms with van der Waals surface area (Å²) < 4.78 is 0. The van der Waals surface area contributed by atoms with Gasteiger partial charge in [-0.3, -0.25) is 4.79 Å². The Kier molecular flexibility index (Phi) is 3.42. The smallest absolute Gasteiger partial charge is 0.329 e. The van der Waals surface area contributed by atoms with Gasteiger partial charge in [0.15, 0.2) is 5.69 Å². The summed E-state index contributed by atoms with van der Waals surface area (Å²) in [6.45, 7) is 2.20. The average molecular weight is 263 g/mol. The van der Waals surface area contributed by atoms with E-state index >= 15 is 0 Å². The van der Waals surface area contributed by atoms with E-state index in [4.69, 9.17) is 5.73 Å². The number of hydrogen-bond acceptors (Lipinski definition) is 4. The minimum absolute atomic E-state index is 0.128. The van der Waals surface area contributed by atoms with Gasteiger partial charge in [0, 0.05) is 12.7 Å². The normalized spacial score (nSPS) is 22.5. The second-order valence-corrected chi connectivity index (χ2v) is 4.69. The van der Waals surface area contributed by atoms with E-state index in [-0.39, 0.29) is 11.4 Å². The number of carbonyl (C=O) groups excluding carboxylic acids is 1. The number of aliphatic carboxylic acids is 1. The standard InChI is InChI=1S/C13H17N3O3/c1-2-13(12(18)19)6-4-8-16(13)11(17)10-9(14)5-3-7-15-10/h3,5,7H,2,4,6,8,14H2,1H3,(H,18,19). The lowest BCUT2D eigenvalue weighted by Crippen LogP contribution is -2.52. The highest BCUT2D eigenvalue weighted by Gasteiger charge is 2.49. The number of likely N-dealkylation sites (tertiary alicyclic amines) is 1. The zero-order valence-electron chi connectivity index (χ0n) is 10.8. The fourth-order valence-corrected chi connectivity index (χ4v) is 2.64. The van der Waals surface area contributed by atoms with Gasteiger partial charge in [0.05, 0.1) is 5.69 Å². The zero-order chi connectivity index (χ0) is 14.0. The van der Waals surface area contributed by atoms with E-state index in [9.17, 15) is 14.7 Å². The third-order valence-electron chi connectivity index (χ3n) is 3.76. The molecule has 1 atom stereocenters. The van der Waals surface area contributed by atoms with Crippen LogP contribution in [0.3, 0.4) is 0 Å². The third kappa shape index (κ3) is 2.03. The average Bonchev–Trinajstić information content (AvgIpc) is 2.83. The van der Waals surface area contributed by atoms with Crippen molar-refractivity contribution in [3.63, 3.8) is 0 Å². The van der Waals surface area contributed by atoms with Crippen molar-refractivity contribution in [1.82, 2.24) is 9.88 Å². The summed E-state index contributed by atoms with van der Waals surface area (Å²) in [4.78, 5) is 29.4. The molecule has 0 radical (unpaired) electrons. The lowest BCUT2D eigenvalue weighted by molar-refractivity contribution is -0.148. The number of nitrogen functional groups attached to an aromatic ring is 1. The molecule has 1 aliphatic rings. The van der Waals surface area contributed by atoms with Crippen molar-refractivity contribution in [2.45, 2.75) is 31.7 Å². The third-order valence-corrected chi connectivity index (χ3v) is 3.76. The van der Waals surface area contributed by atoms with Gasteiger partial charge in [-0.1, -0.05) is 6.92 Å². The highest BCUT2D eigenvalue weighted by Crippen LogP contribution is 2.34. The molecule has 1 saturated heterocycles. The molecule has 1 aromatic heterocycles. The van der Waals surface area contributed by atoms with Crippen molar-refractivity contribution in [2.24, 2.45) is 0 Å². The number of carbonyl (C=O) groups is 2. The minimum atomic E-state index is -1.12. The van der Waals surface area contributed by atoms with Crippen molar-refractivity contribution < 1.29 is 14.7 Å². The van der Waals surface area contributed by atoms with Crippen molar-refractivity contribution in [3.8, 4) is 0 Å². The molecule has 0 aromatic carbocycles. The summed E-state index contributed by atoms with van der Waals surface area (Å²) in [5.41, 5.74) is 5.01. The first-order valence-electron chi connectivity index (χ1n) is 6.29. The van der Waals surface area contributed by atoms with Crippen molar-refractivity contribution in [2.75, 3.05) is 12.3 Å². The van der Waals surface area contributed by atoms with E-state index in [0.717, 1.165) is 0 Å². The largest absolute Gasteiger partial charge is 0.479 e. The molecule has 2 rings (SSSR count). The van der Waals surface area contributed by atoms with Crippen LogP contribution in [0.1, 0.15) is 36.7 Å². The molecule has 1 unspecified atom stereocenters. The number of nitrogens with zero attached hydrogens (tertiary/aromatic N) is 2. The van der Waals surface area contributed by atoms with Crippen LogP contribution in [0.15, 0.2) is 18.3 Å². The van der Waals surface area contributed by atoms with Crippen LogP contribution in [0.25, 0.3) is 0 Å². The van der Waals surface area contributed by atoms with Gasteiger partial charge >= 0.3 is 5.97 Å². The fraction of sp³-hybridized carbons (Fsp3) is 0.462. The van der Waals surface area contributed by atoms with Gasteiger partial charge in [0.25, 0.3) is 5.91 Å². The lowest BCUT2D eigenvalue weighted by atomic mass is 9.92. The van der Waals surface area contributed by atoms with Gasteiger partial charge in [-0.25, -0.2) is 9.78 Å². The molecule has 0 saturated carbocycles. The molecule has 102 valence electrons. The zero-order valence-corrected chi connectivity index (χ0v) is 10.8. The van der Waals surface area contributed by atoms with Gasteiger partial charge in [0.1, 0.15) is 5.54 Å². The van der Waals surface area contributed by atoms with Crippen LogP contribution in [-0.4, -0.2) is 39.0 Å². The summed E-state index contributed by atoms with van der Waals surface area (Å²) in [5, 5.41) is 9.45. The first kappa shape index (κ1) is 13.3. The van der Waals surface area contributed by atoms with Crippen LogP contribution < -0.4 is 5.73 Å². The van der Waals surface area contributed by atoms with E-state index in [2.05, 4.69) is 4.98 Å². The molecule has 2 heterocycles. The number of nitrogens with two attached hydrogens (primary N) is 1. The second-order valence-electron chi connectivity index (χ2n) is 4.69. The Bertz CT molecular complexity index is 518. The highest BCUT2D eigenvalue weighted by atomic mass is 16.4. The molecule has 0 bridgehead atoms. The number of anilines is 1. The molecule has 1 aromatic rings. The maximum atomic E-state index is 12.5. The number of carboxylic acid groups (broad SMARTS) is 1. The Labute approximate surface area is 111 Å². The Hall–Kier alpha value is -2.11. The lowest BCUT2D eigenvalue weighted by Gasteiger charge is -2.33. The van der Waals surface area contributed by atoms with Crippen LogP contribution in [0.4, 0.5) is 5.69 Å². The monoisotopic (exact) mass is 263 g/mol. The minimum Gasteiger partial charge on any atom is -0.479 e. The Morgan fingerprint density at radius 3 is 2.89 bits per heavy atom. The predicted molar refractivity (Wildman–Crippen MR) is 69.6 cm³/mol. The predicted octanol–water partition coefficient (Wildman–Crippen LogP) is 1.13. The quantitative estimate of drug-likeness (QED) is 0.852. The molecule has 6 nitrogen and oxygen atoms in total.